The van der Waals surface area contributed by atoms with E-state index in [1.54, 1.807) is 32.9 Å². The quantitative estimate of drug-likeness (QED) is 0.705. The molecule has 1 aromatic carbocycles. The van der Waals surface area contributed by atoms with Crippen LogP contribution in [0.5, 0.6) is 5.75 Å². The summed E-state index contributed by atoms with van der Waals surface area (Å²) in [4.78, 5) is 35.7. The SMILES string of the molecule is Cc1c(C)c2ccc(OC(C)C(=O)N[C@@H](CC(C)C)C(=O)O)c(C)c2oc1=O. The molecule has 0 spiro atoms. The summed E-state index contributed by atoms with van der Waals surface area (Å²) in [5.41, 5.74) is 2.01. The van der Waals surface area contributed by atoms with Crippen molar-refractivity contribution >= 4 is 22.8 Å². The van der Waals surface area contributed by atoms with Gasteiger partial charge in [-0.05, 0) is 57.7 Å². The normalized spacial score (nSPS) is 13.4. The number of carboxylic acids is 1. The van der Waals surface area contributed by atoms with E-state index in [9.17, 15) is 19.5 Å². The lowest BCUT2D eigenvalue weighted by atomic mass is 10.0. The number of ether oxygens (including phenoxy) is 1. The molecule has 1 unspecified atom stereocenters. The lowest BCUT2D eigenvalue weighted by Crippen LogP contribution is -2.46. The van der Waals surface area contributed by atoms with Crippen LogP contribution in [0, 0.1) is 26.7 Å². The molecule has 0 fully saturated rings. The Balaban J connectivity index is 2.25. The number of nitrogens with one attached hydrogen (secondary N) is 1. The molecule has 1 amide bonds. The van der Waals surface area contributed by atoms with Crippen LogP contribution in [0.4, 0.5) is 0 Å². The summed E-state index contributed by atoms with van der Waals surface area (Å²) in [7, 11) is 0. The minimum absolute atomic E-state index is 0.120. The fourth-order valence-electron chi connectivity index (χ4n) is 2.98. The zero-order valence-corrected chi connectivity index (χ0v) is 17.1. The van der Waals surface area contributed by atoms with Gasteiger partial charge in [-0.15, -0.1) is 0 Å². The summed E-state index contributed by atoms with van der Waals surface area (Å²) in [6.07, 6.45) is -0.588. The van der Waals surface area contributed by atoms with Crippen molar-refractivity contribution in [1.82, 2.24) is 5.32 Å². The Labute approximate surface area is 163 Å². The van der Waals surface area contributed by atoms with Crippen LogP contribution in [0.3, 0.4) is 0 Å². The molecule has 7 nitrogen and oxygen atoms in total. The molecule has 0 saturated heterocycles. The molecule has 2 atom stereocenters. The van der Waals surface area contributed by atoms with Crippen molar-refractivity contribution in [3.8, 4) is 5.75 Å². The number of fused-ring (bicyclic) bond motifs is 1. The van der Waals surface area contributed by atoms with Gasteiger partial charge in [0.15, 0.2) is 6.10 Å². The Bertz CT molecular complexity index is 960. The van der Waals surface area contributed by atoms with E-state index < -0.39 is 29.6 Å². The van der Waals surface area contributed by atoms with Crippen LogP contribution in [0.2, 0.25) is 0 Å². The number of aryl methyl sites for hydroxylation is 2. The predicted molar refractivity (Wildman–Crippen MR) is 106 cm³/mol. The maximum absolute atomic E-state index is 12.4. The standard InChI is InChI=1S/C21H27NO6/c1-10(2)9-16(20(24)25)22-19(23)14(6)27-17-8-7-15-11(3)12(4)21(26)28-18(15)13(17)5/h7-8,10,14,16H,9H2,1-6H3,(H,22,23)(H,24,25)/t14?,16-/m0/s1. The third-order valence-corrected chi connectivity index (χ3v) is 4.82. The van der Waals surface area contributed by atoms with Crippen molar-refractivity contribution in [3.05, 3.63) is 39.2 Å². The number of hydrogen-bond acceptors (Lipinski definition) is 5. The third-order valence-electron chi connectivity index (χ3n) is 4.82. The topological polar surface area (TPSA) is 106 Å². The Hall–Kier alpha value is -2.83. The average molecular weight is 389 g/mol. The first kappa shape index (κ1) is 21.5. The molecule has 2 N–H and O–H groups in total. The van der Waals surface area contributed by atoms with Gasteiger partial charge in [-0.25, -0.2) is 9.59 Å². The lowest BCUT2D eigenvalue weighted by molar-refractivity contribution is -0.143. The molecule has 0 saturated carbocycles. The molecule has 0 aliphatic rings. The highest BCUT2D eigenvalue weighted by Crippen LogP contribution is 2.29. The highest BCUT2D eigenvalue weighted by atomic mass is 16.5. The van der Waals surface area contributed by atoms with E-state index in [0.29, 0.717) is 28.9 Å². The molecule has 7 heteroatoms. The molecule has 1 aromatic heterocycles. The number of benzene rings is 1. The molecular formula is C21H27NO6. The van der Waals surface area contributed by atoms with Crippen LogP contribution in [0.15, 0.2) is 21.3 Å². The second kappa shape index (κ2) is 8.46. The van der Waals surface area contributed by atoms with Crippen LogP contribution in [-0.4, -0.2) is 29.1 Å². The highest BCUT2D eigenvalue weighted by molar-refractivity contribution is 5.87. The van der Waals surface area contributed by atoms with Crippen molar-refractivity contribution in [3.63, 3.8) is 0 Å². The second-order valence-electron chi connectivity index (χ2n) is 7.49. The van der Waals surface area contributed by atoms with Crippen molar-refractivity contribution in [2.45, 2.75) is 60.1 Å². The summed E-state index contributed by atoms with van der Waals surface area (Å²) in [6.45, 7) is 10.6. The van der Waals surface area contributed by atoms with Crippen molar-refractivity contribution in [2.24, 2.45) is 5.92 Å². The third kappa shape index (κ3) is 4.52. The summed E-state index contributed by atoms with van der Waals surface area (Å²) in [5.74, 6) is -1.08. The number of carbonyl (C=O) groups excluding carboxylic acids is 1. The summed E-state index contributed by atoms with van der Waals surface area (Å²) < 4.78 is 11.2. The van der Waals surface area contributed by atoms with Gasteiger partial charge in [0, 0.05) is 16.5 Å². The van der Waals surface area contributed by atoms with E-state index in [4.69, 9.17) is 9.15 Å². The summed E-state index contributed by atoms with van der Waals surface area (Å²) >= 11 is 0. The largest absolute Gasteiger partial charge is 0.480 e. The van der Waals surface area contributed by atoms with Gasteiger partial charge in [-0.3, -0.25) is 4.79 Å². The number of aliphatic carboxylic acids is 1. The van der Waals surface area contributed by atoms with E-state index in [2.05, 4.69) is 5.32 Å². The molecule has 0 radical (unpaired) electrons. The van der Waals surface area contributed by atoms with Gasteiger partial charge in [0.2, 0.25) is 0 Å². The zero-order valence-electron chi connectivity index (χ0n) is 17.1. The van der Waals surface area contributed by atoms with Crippen LogP contribution >= 0.6 is 0 Å². The number of amides is 1. The number of carbonyl (C=O) groups is 2. The Kier molecular flexibility index (Phi) is 6.48. The lowest BCUT2D eigenvalue weighted by Gasteiger charge is -2.21. The first-order valence-corrected chi connectivity index (χ1v) is 9.26. The van der Waals surface area contributed by atoms with Gasteiger partial charge in [0.05, 0.1) is 0 Å². The zero-order chi connectivity index (χ0) is 21.2. The van der Waals surface area contributed by atoms with Crippen LogP contribution in [-0.2, 0) is 9.59 Å². The molecule has 28 heavy (non-hydrogen) atoms. The van der Waals surface area contributed by atoms with Gasteiger partial charge >= 0.3 is 11.6 Å². The van der Waals surface area contributed by atoms with E-state index >= 15 is 0 Å². The summed E-state index contributed by atoms with van der Waals surface area (Å²) in [6, 6.07) is 2.53. The van der Waals surface area contributed by atoms with E-state index in [0.717, 1.165) is 10.9 Å². The maximum Gasteiger partial charge on any atom is 0.339 e. The second-order valence-corrected chi connectivity index (χ2v) is 7.49. The van der Waals surface area contributed by atoms with Gasteiger partial charge in [0.25, 0.3) is 5.91 Å². The van der Waals surface area contributed by atoms with Crippen LogP contribution < -0.4 is 15.7 Å². The molecule has 0 aliphatic carbocycles. The van der Waals surface area contributed by atoms with Crippen molar-refractivity contribution < 1.29 is 23.8 Å². The molecule has 2 aromatic rings. The van der Waals surface area contributed by atoms with Crippen LogP contribution in [0.25, 0.3) is 11.0 Å². The molecule has 152 valence electrons. The fraction of sp³-hybridized carbons (Fsp3) is 0.476. The van der Waals surface area contributed by atoms with Crippen molar-refractivity contribution in [2.75, 3.05) is 0 Å². The molecule has 2 rings (SSSR count). The predicted octanol–water partition coefficient (Wildman–Crippen LogP) is 3.10. The number of hydrogen-bond donors (Lipinski definition) is 2. The molecular weight excluding hydrogens is 362 g/mol. The molecule has 0 aliphatic heterocycles. The van der Waals surface area contributed by atoms with Crippen molar-refractivity contribution in [1.29, 1.82) is 0 Å². The number of rotatable bonds is 7. The number of carboxylic acid groups (broad SMARTS) is 1. The average Bonchev–Trinajstić information content (AvgIpc) is 2.61. The van der Waals surface area contributed by atoms with Gasteiger partial charge in [0.1, 0.15) is 17.4 Å². The monoisotopic (exact) mass is 389 g/mol. The van der Waals surface area contributed by atoms with Gasteiger partial charge in [-0.2, -0.15) is 0 Å². The minimum atomic E-state index is -1.08. The van der Waals surface area contributed by atoms with E-state index in [1.807, 2.05) is 20.8 Å². The smallest absolute Gasteiger partial charge is 0.339 e. The molecule has 0 bridgehead atoms. The Morgan fingerprint density at radius 1 is 1.11 bits per heavy atom. The van der Waals surface area contributed by atoms with Gasteiger partial charge in [-0.1, -0.05) is 13.8 Å². The summed E-state index contributed by atoms with van der Waals surface area (Å²) in [5, 5.41) is 12.6. The van der Waals surface area contributed by atoms with E-state index in [-0.39, 0.29) is 5.92 Å². The maximum atomic E-state index is 12.4. The Morgan fingerprint density at radius 2 is 1.75 bits per heavy atom. The first-order valence-electron chi connectivity index (χ1n) is 9.26. The van der Waals surface area contributed by atoms with Crippen LogP contribution in [0.1, 0.15) is 43.9 Å². The highest BCUT2D eigenvalue weighted by Gasteiger charge is 2.25. The Morgan fingerprint density at radius 3 is 2.32 bits per heavy atom. The van der Waals surface area contributed by atoms with Gasteiger partial charge < -0.3 is 19.6 Å². The molecule has 1 heterocycles. The fourth-order valence-corrected chi connectivity index (χ4v) is 2.98. The first-order chi connectivity index (χ1) is 13.0. The minimum Gasteiger partial charge on any atom is -0.480 e. The van der Waals surface area contributed by atoms with E-state index in [1.165, 1.54) is 0 Å².